The lowest BCUT2D eigenvalue weighted by Gasteiger charge is -2.06. The molecule has 0 radical (unpaired) electrons. The molecule has 0 bridgehead atoms. The van der Waals surface area contributed by atoms with Crippen LogP contribution in [-0.4, -0.2) is 5.71 Å². The highest BCUT2D eigenvalue weighted by atomic mass is 14.7. The third kappa shape index (κ3) is 4.56. The smallest absolute Gasteiger partial charge is 0.0707 e. The van der Waals surface area contributed by atoms with Gasteiger partial charge in [-0.15, -0.1) is 0 Å². The number of rotatable bonds is 5. The standard InChI is InChI=1S/C21H23N/c1-4-11-18(3)22-21(20-14-9-6-10-15-20)16-17(2)19-12-7-5-8-13-19/h5-16H,4H2,1-3H3/b17-16+,18-11+,22-21-. The minimum absolute atomic E-state index is 0.999. The second-order valence-corrected chi connectivity index (χ2v) is 5.31. The van der Waals surface area contributed by atoms with Crippen molar-refractivity contribution in [3.8, 4) is 0 Å². The van der Waals surface area contributed by atoms with E-state index < -0.39 is 0 Å². The van der Waals surface area contributed by atoms with E-state index in [0.29, 0.717) is 0 Å². The predicted octanol–water partition coefficient (Wildman–Crippen LogP) is 5.89. The monoisotopic (exact) mass is 289 g/mol. The highest BCUT2D eigenvalue weighted by Gasteiger charge is 2.02. The van der Waals surface area contributed by atoms with Crippen molar-refractivity contribution in [3.05, 3.63) is 89.6 Å². The van der Waals surface area contributed by atoms with E-state index in [1.54, 1.807) is 0 Å². The molecule has 0 saturated carbocycles. The van der Waals surface area contributed by atoms with Crippen molar-refractivity contribution in [2.24, 2.45) is 4.99 Å². The van der Waals surface area contributed by atoms with E-state index >= 15 is 0 Å². The van der Waals surface area contributed by atoms with Gasteiger partial charge in [-0.05, 0) is 37.5 Å². The Labute approximate surface area is 133 Å². The summed E-state index contributed by atoms with van der Waals surface area (Å²) in [7, 11) is 0. The first-order valence-electron chi connectivity index (χ1n) is 7.75. The van der Waals surface area contributed by atoms with Gasteiger partial charge in [0.15, 0.2) is 0 Å². The van der Waals surface area contributed by atoms with Gasteiger partial charge in [-0.1, -0.05) is 73.7 Å². The summed E-state index contributed by atoms with van der Waals surface area (Å²) in [6.45, 7) is 6.32. The summed E-state index contributed by atoms with van der Waals surface area (Å²) in [5.74, 6) is 0. The van der Waals surface area contributed by atoms with E-state index in [4.69, 9.17) is 4.99 Å². The predicted molar refractivity (Wildman–Crippen MR) is 97.1 cm³/mol. The van der Waals surface area contributed by atoms with Crippen molar-refractivity contribution in [1.82, 2.24) is 0 Å². The average Bonchev–Trinajstić information content (AvgIpc) is 2.56. The van der Waals surface area contributed by atoms with Gasteiger partial charge in [0.25, 0.3) is 0 Å². The summed E-state index contributed by atoms with van der Waals surface area (Å²) in [6, 6.07) is 20.8. The lowest BCUT2D eigenvalue weighted by atomic mass is 10.0. The summed E-state index contributed by atoms with van der Waals surface area (Å²) >= 11 is 0. The topological polar surface area (TPSA) is 12.4 Å². The van der Waals surface area contributed by atoms with Crippen LogP contribution in [0.1, 0.15) is 38.3 Å². The molecule has 0 aliphatic heterocycles. The van der Waals surface area contributed by atoms with Crippen molar-refractivity contribution in [2.45, 2.75) is 27.2 Å². The number of allylic oxidation sites excluding steroid dienone is 4. The fourth-order valence-corrected chi connectivity index (χ4v) is 2.31. The van der Waals surface area contributed by atoms with Crippen LogP contribution in [0.2, 0.25) is 0 Å². The van der Waals surface area contributed by atoms with Gasteiger partial charge >= 0.3 is 0 Å². The van der Waals surface area contributed by atoms with Crippen LogP contribution >= 0.6 is 0 Å². The Morgan fingerprint density at radius 2 is 1.41 bits per heavy atom. The molecule has 0 aliphatic carbocycles. The fraction of sp³-hybridized carbons (Fsp3) is 0.190. The number of hydrogen-bond acceptors (Lipinski definition) is 1. The van der Waals surface area contributed by atoms with Gasteiger partial charge in [0.2, 0.25) is 0 Å². The van der Waals surface area contributed by atoms with E-state index in [1.807, 2.05) is 12.1 Å². The van der Waals surface area contributed by atoms with E-state index in [-0.39, 0.29) is 0 Å². The van der Waals surface area contributed by atoms with Gasteiger partial charge in [0.05, 0.1) is 5.71 Å². The molecule has 2 aromatic rings. The Morgan fingerprint density at radius 3 is 1.95 bits per heavy atom. The zero-order valence-electron chi connectivity index (χ0n) is 13.6. The number of aliphatic imine (C=N–C) groups is 1. The molecule has 0 heterocycles. The van der Waals surface area contributed by atoms with Crippen LogP contribution in [0.4, 0.5) is 0 Å². The van der Waals surface area contributed by atoms with Crippen molar-refractivity contribution >= 4 is 11.3 Å². The molecule has 0 unspecified atom stereocenters. The molecule has 0 aliphatic rings. The maximum absolute atomic E-state index is 4.80. The third-order valence-electron chi connectivity index (χ3n) is 3.45. The van der Waals surface area contributed by atoms with Gasteiger partial charge in [-0.25, -0.2) is 0 Å². The lowest BCUT2D eigenvalue weighted by molar-refractivity contribution is 1.16. The van der Waals surface area contributed by atoms with Crippen LogP contribution in [0.25, 0.3) is 5.57 Å². The summed E-state index contributed by atoms with van der Waals surface area (Å²) < 4.78 is 0. The summed E-state index contributed by atoms with van der Waals surface area (Å²) in [6.07, 6.45) is 5.31. The normalized spacial score (nSPS) is 13.3. The van der Waals surface area contributed by atoms with Crippen LogP contribution in [0, 0.1) is 0 Å². The van der Waals surface area contributed by atoms with Crippen LogP contribution < -0.4 is 0 Å². The first-order valence-corrected chi connectivity index (χ1v) is 7.75. The average molecular weight is 289 g/mol. The SMILES string of the molecule is CC/C=C(C)/N=C(/C=C(\C)c1ccccc1)c1ccccc1. The van der Waals surface area contributed by atoms with Gasteiger partial charge in [0.1, 0.15) is 0 Å². The number of hydrogen-bond donors (Lipinski definition) is 0. The molecular formula is C21H23N. The molecule has 0 amide bonds. The number of nitrogens with zero attached hydrogens (tertiary/aromatic N) is 1. The largest absolute Gasteiger partial charge is 0.253 e. The zero-order chi connectivity index (χ0) is 15.8. The van der Waals surface area contributed by atoms with Gasteiger partial charge < -0.3 is 0 Å². The van der Waals surface area contributed by atoms with Crippen molar-refractivity contribution in [2.75, 3.05) is 0 Å². The Bertz CT molecular complexity index is 676. The second kappa shape index (κ2) is 8.14. The molecule has 2 rings (SSSR count). The zero-order valence-corrected chi connectivity index (χ0v) is 13.6. The highest BCUT2D eigenvalue weighted by molar-refractivity contribution is 6.12. The minimum atomic E-state index is 0.999. The summed E-state index contributed by atoms with van der Waals surface area (Å²) in [4.78, 5) is 4.80. The molecular weight excluding hydrogens is 266 g/mol. The molecule has 0 spiro atoms. The van der Waals surface area contributed by atoms with Crippen LogP contribution in [0.5, 0.6) is 0 Å². The Hall–Kier alpha value is -2.41. The highest BCUT2D eigenvalue weighted by Crippen LogP contribution is 2.16. The lowest BCUT2D eigenvalue weighted by Crippen LogP contribution is -1.98. The van der Waals surface area contributed by atoms with E-state index in [9.17, 15) is 0 Å². The van der Waals surface area contributed by atoms with E-state index in [2.05, 4.69) is 81.5 Å². The molecule has 1 heteroatoms. The Morgan fingerprint density at radius 1 is 0.864 bits per heavy atom. The Balaban J connectivity index is 2.44. The number of benzene rings is 2. The molecule has 22 heavy (non-hydrogen) atoms. The van der Waals surface area contributed by atoms with E-state index in [0.717, 1.165) is 23.4 Å². The van der Waals surface area contributed by atoms with Crippen molar-refractivity contribution in [1.29, 1.82) is 0 Å². The van der Waals surface area contributed by atoms with Crippen LogP contribution in [-0.2, 0) is 0 Å². The summed E-state index contributed by atoms with van der Waals surface area (Å²) in [5.41, 5.74) is 5.64. The van der Waals surface area contributed by atoms with Gasteiger partial charge in [-0.2, -0.15) is 0 Å². The van der Waals surface area contributed by atoms with Crippen molar-refractivity contribution in [3.63, 3.8) is 0 Å². The quantitative estimate of drug-likeness (QED) is 0.608. The van der Waals surface area contributed by atoms with E-state index in [1.165, 1.54) is 11.1 Å². The second-order valence-electron chi connectivity index (χ2n) is 5.31. The Kier molecular flexibility index (Phi) is 5.91. The first-order chi connectivity index (χ1) is 10.7. The molecule has 0 atom stereocenters. The minimum Gasteiger partial charge on any atom is -0.253 e. The first kappa shape index (κ1) is 16.0. The molecule has 0 N–H and O–H groups in total. The molecule has 0 aromatic heterocycles. The van der Waals surface area contributed by atoms with Gasteiger partial charge in [-0.3, -0.25) is 4.99 Å². The summed E-state index contributed by atoms with van der Waals surface area (Å²) in [5, 5.41) is 0. The molecule has 2 aromatic carbocycles. The molecule has 0 saturated heterocycles. The maximum atomic E-state index is 4.80. The fourth-order valence-electron chi connectivity index (χ4n) is 2.31. The maximum Gasteiger partial charge on any atom is 0.0707 e. The van der Waals surface area contributed by atoms with Crippen molar-refractivity contribution < 1.29 is 0 Å². The third-order valence-corrected chi connectivity index (χ3v) is 3.45. The molecule has 112 valence electrons. The van der Waals surface area contributed by atoms with Gasteiger partial charge in [0, 0.05) is 11.3 Å². The van der Waals surface area contributed by atoms with Crippen LogP contribution in [0.3, 0.4) is 0 Å². The molecule has 1 nitrogen and oxygen atoms in total. The molecule has 0 fully saturated rings. The van der Waals surface area contributed by atoms with Crippen LogP contribution in [0.15, 0.2) is 83.5 Å².